The van der Waals surface area contributed by atoms with Gasteiger partial charge in [-0.1, -0.05) is 12.1 Å². The van der Waals surface area contributed by atoms with Crippen LogP contribution in [0.3, 0.4) is 0 Å². The Bertz CT molecular complexity index is 1150. The van der Waals surface area contributed by atoms with Crippen molar-refractivity contribution in [2.45, 2.75) is 11.5 Å². The van der Waals surface area contributed by atoms with Gasteiger partial charge in [-0.2, -0.15) is 0 Å². The van der Waals surface area contributed by atoms with Gasteiger partial charge in [-0.25, -0.2) is 8.42 Å². The van der Waals surface area contributed by atoms with E-state index in [2.05, 4.69) is 15.0 Å². The molecule has 3 aromatic rings. The van der Waals surface area contributed by atoms with Gasteiger partial charge >= 0.3 is 0 Å². The molecular formula is C20H17N3O5S. The van der Waals surface area contributed by atoms with E-state index >= 15 is 0 Å². The van der Waals surface area contributed by atoms with Crippen molar-refractivity contribution in [3.8, 4) is 11.5 Å². The molecule has 2 N–H and O–H groups in total. The first-order valence-electron chi connectivity index (χ1n) is 8.72. The lowest BCUT2D eigenvalue weighted by Gasteiger charge is -2.18. The van der Waals surface area contributed by atoms with E-state index < -0.39 is 10.0 Å². The van der Waals surface area contributed by atoms with Crippen LogP contribution in [0.25, 0.3) is 0 Å². The number of hydrogen-bond donors (Lipinski definition) is 2. The third-order valence-corrected chi connectivity index (χ3v) is 5.47. The number of sulfonamides is 1. The highest BCUT2D eigenvalue weighted by molar-refractivity contribution is 7.92. The number of fused-ring (bicyclic) bond motifs is 1. The number of hydrogen-bond acceptors (Lipinski definition) is 6. The summed E-state index contributed by atoms with van der Waals surface area (Å²) in [6.07, 6.45) is 1.68. The number of ether oxygens (including phenoxy) is 2. The molecule has 9 heteroatoms. The van der Waals surface area contributed by atoms with Crippen LogP contribution in [0, 0.1) is 0 Å². The fraction of sp³-hybridized carbons (Fsp3) is 0.100. The summed E-state index contributed by atoms with van der Waals surface area (Å²) >= 11 is 0. The Kier molecular flexibility index (Phi) is 5.05. The second-order valence-electron chi connectivity index (χ2n) is 6.24. The summed E-state index contributed by atoms with van der Waals surface area (Å²) in [5.41, 5.74) is 1.43. The van der Waals surface area contributed by atoms with E-state index in [-0.39, 0.29) is 24.0 Å². The van der Waals surface area contributed by atoms with Crippen LogP contribution >= 0.6 is 0 Å². The molecule has 1 aromatic heterocycles. The smallest absolute Gasteiger partial charge is 0.262 e. The maximum absolute atomic E-state index is 12.7. The fourth-order valence-electron chi connectivity index (χ4n) is 2.73. The molecule has 29 heavy (non-hydrogen) atoms. The number of aromatic nitrogens is 1. The zero-order valence-electron chi connectivity index (χ0n) is 15.2. The molecule has 0 fully saturated rings. The molecule has 0 unspecified atom stereocenters. The zero-order valence-corrected chi connectivity index (χ0v) is 16.0. The van der Waals surface area contributed by atoms with Crippen LogP contribution in [-0.4, -0.2) is 25.9 Å². The average molecular weight is 411 g/mol. The van der Waals surface area contributed by atoms with Gasteiger partial charge in [0.05, 0.1) is 22.0 Å². The highest BCUT2D eigenvalue weighted by Crippen LogP contribution is 2.31. The third-order valence-electron chi connectivity index (χ3n) is 4.09. The molecule has 1 aliphatic heterocycles. The van der Waals surface area contributed by atoms with E-state index in [9.17, 15) is 13.2 Å². The van der Waals surface area contributed by atoms with Gasteiger partial charge in [0.15, 0.2) is 6.61 Å². The lowest BCUT2D eigenvalue weighted by atomic mass is 10.2. The average Bonchev–Trinajstić information content (AvgIpc) is 2.72. The molecule has 2 heterocycles. The molecule has 0 spiro atoms. The largest absolute Gasteiger partial charge is 0.487 e. The van der Waals surface area contributed by atoms with Crippen LogP contribution in [0.15, 0.2) is 71.8 Å². The van der Waals surface area contributed by atoms with Crippen molar-refractivity contribution in [3.63, 3.8) is 0 Å². The predicted molar refractivity (Wildman–Crippen MR) is 106 cm³/mol. The number of benzene rings is 2. The number of anilines is 2. The molecular weight excluding hydrogens is 394 g/mol. The highest BCUT2D eigenvalue weighted by atomic mass is 32.2. The number of amides is 1. The lowest BCUT2D eigenvalue weighted by molar-refractivity contribution is -0.118. The second kappa shape index (κ2) is 7.80. The van der Waals surface area contributed by atoms with Crippen LogP contribution < -0.4 is 19.5 Å². The molecule has 0 saturated heterocycles. The van der Waals surface area contributed by atoms with Gasteiger partial charge in [0.2, 0.25) is 0 Å². The van der Waals surface area contributed by atoms with Gasteiger partial charge in [0, 0.05) is 12.3 Å². The van der Waals surface area contributed by atoms with Crippen LogP contribution in [0.5, 0.6) is 11.5 Å². The molecule has 0 aliphatic carbocycles. The summed E-state index contributed by atoms with van der Waals surface area (Å²) in [4.78, 5) is 15.6. The third kappa shape index (κ3) is 4.46. The van der Waals surface area contributed by atoms with Crippen molar-refractivity contribution in [1.82, 2.24) is 4.98 Å². The van der Waals surface area contributed by atoms with E-state index in [0.717, 1.165) is 5.69 Å². The Morgan fingerprint density at radius 2 is 2.00 bits per heavy atom. The highest BCUT2D eigenvalue weighted by Gasteiger charge is 2.21. The van der Waals surface area contributed by atoms with Crippen LogP contribution in [0.2, 0.25) is 0 Å². The van der Waals surface area contributed by atoms with Crippen molar-refractivity contribution in [1.29, 1.82) is 0 Å². The monoisotopic (exact) mass is 411 g/mol. The topological polar surface area (TPSA) is 107 Å². The fourth-order valence-corrected chi connectivity index (χ4v) is 3.81. The minimum absolute atomic E-state index is 0.00172. The van der Waals surface area contributed by atoms with Gasteiger partial charge in [0.25, 0.3) is 15.9 Å². The Labute approximate surface area is 167 Å². The van der Waals surface area contributed by atoms with Gasteiger partial charge in [-0.15, -0.1) is 0 Å². The molecule has 0 bridgehead atoms. The Balaban J connectivity index is 1.49. The van der Waals surface area contributed by atoms with Crippen molar-refractivity contribution in [2.75, 3.05) is 16.6 Å². The molecule has 1 aliphatic rings. The minimum Gasteiger partial charge on any atom is -0.487 e. The zero-order chi connectivity index (χ0) is 20.3. The van der Waals surface area contributed by atoms with E-state index in [1.54, 1.807) is 30.5 Å². The Hall–Kier alpha value is -3.59. The van der Waals surface area contributed by atoms with E-state index in [1.807, 2.05) is 18.2 Å². The van der Waals surface area contributed by atoms with Crippen LogP contribution in [0.4, 0.5) is 11.4 Å². The van der Waals surface area contributed by atoms with Crippen molar-refractivity contribution in [2.24, 2.45) is 0 Å². The first kappa shape index (κ1) is 18.8. The number of carbonyl (C=O) groups excluding carboxylic acids is 1. The molecule has 4 rings (SSSR count). The lowest BCUT2D eigenvalue weighted by Crippen LogP contribution is -2.25. The predicted octanol–water partition coefficient (Wildman–Crippen LogP) is 2.79. The van der Waals surface area contributed by atoms with Gasteiger partial charge in [0.1, 0.15) is 18.1 Å². The number of nitrogens with one attached hydrogen (secondary N) is 2. The number of pyridine rings is 1. The van der Waals surface area contributed by atoms with E-state index in [0.29, 0.717) is 22.9 Å². The first-order valence-corrected chi connectivity index (χ1v) is 10.2. The summed E-state index contributed by atoms with van der Waals surface area (Å²) in [6, 6.07) is 16.4. The number of carbonyl (C=O) groups is 1. The normalized spacial score (nSPS) is 13.0. The SMILES string of the molecule is O=C1COc2ccc(S(=O)(=O)Nc3cccc(OCc4ccccn4)c3)cc2N1. The summed E-state index contributed by atoms with van der Waals surface area (Å²) in [5, 5.41) is 2.60. The van der Waals surface area contributed by atoms with Gasteiger partial charge in [-0.05, 0) is 42.5 Å². The number of nitrogens with zero attached hydrogens (tertiary/aromatic N) is 1. The van der Waals surface area contributed by atoms with Gasteiger partial charge < -0.3 is 14.8 Å². The maximum atomic E-state index is 12.7. The first-order chi connectivity index (χ1) is 14.0. The standard InChI is InChI=1S/C20H17N3O5S/c24-20-13-28-19-8-7-17(11-18(19)22-20)29(25,26)23-14-5-3-6-16(10-14)27-12-15-4-1-2-9-21-15/h1-11,23H,12-13H2,(H,22,24). The van der Waals surface area contributed by atoms with Crippen molar-refractivity contribution < 1.29 is 22.7 Å². The minimum atomic E-state index is -3.87. The Morgan fingerprint density at radius 1 is 1.10 bits per heavy atom. The van der Waals surface area contributed by atoms with Crippen molar-refractivity contribution in [3.05, 3.63) is 72.6 Å². The van der Waals surface area contributed by atoms with Crippen molar-refractivity contribution >= 4 is 27.3 Å². The molecule has 148 valence electrons. The number of rotatable bonds is 6. The van der Waals surface area contributed by atoms with Gasteiger partial charge in [-0.3, -0.25) is 14.5 Å². The molecule has 0 saturated carbocycles. The summed E-state index contributed by atoms with van der Waals surface area (Å²) in [5.74, 6) is 0.591. The summed E-state index contributed by atoms with van der Waals surface area (Å²) in [7, 11) is -3.87. The van der Waals surface area contributed by atoms with Crippen LogP contribution in [-0.2, 0) is 21.4 Å². The van der Waals surface area contributed by atoms with Crippen LogP contribution in [0.1, 0.15) is 5.69 Å². The molecule has 8 nitrogen and oxygen atoms in total. The molecule has 1 amide bonds. The summed E-state index contributed by atoms with van der Waals surface area (Å²) < 4.78 is 38.9. The van der Waals surface area contributed by atoms with E-state index in [4.69, 9.17) is 9.47 Å². The maximum Gasteiger partial charge on any atom is 0.262 e. The van der Waals surface area contributed by atoms with E-state index in [1.165, 1.54) is 18.2 Å². The summed E-state index contributed by atoms with van der Waals surface area (Å²) in [6.45, 7) is 0.171. The molecule has 0 atom stereocenters. The quantitative estimate of drug-likeness (QED) is 0.646. The molecule has 0 radical (unpaired) electrons. The molecule has 2 aromatic carbocycles. The second-order valence-corrected chi connectivity index (χ2v) is 7.92. The Morgan fingerprint density at radius 3 is 2.83 bits per heavy atom.